The van der Waals surface area contributed by atoms with Gasteiger partial charge in [0.05, 0.1) is 12.2 Å². The molecule has 0 fully saturated rings. The van der Waals surface area contributed by atoms with Crippen LogP contribution < -0.4 is 5.32 Å². The molecule has 1 amide bonds. The largest absolute Gasteiger partial charge is 0.373 e. The number of amides is 1. The van der Waals surface area contributed by atoms with Gasteiger partial charge in [0.15, 0.2) is 0 Å². The van der Waals surface area contributed by atoms with Crippen molar-refractivity contribution in [2.75, 3.05) is 5.32 Å². The average Bonchev–Trinajstić information content (AvgIpc) is 3.16. The van der Waals surface area contributed by atoms with Crippen LogP contribution in [-0.4, -0.2) is 26.8 Å². The molecule has 130 valence electrons. The SMILES string of the molecule is CC(C)Cc1ncc2c(n1)CN(C(=O)[C@H]1Cc3cc(Cl)ccc3N1)C2. The average molecular weight is 357 g/mol. The number of benzene rings is 1. The molecule has 4 rings (SSSR count). The molecular formula is C19H21ClN4O. The fourth-order valence-corrected chi connectivity index (χ4v) is 3.71. The van der Waals surface area contributed by atoms with Crippen LogP contribution >= 0.6 is 11.6 Å². The van der Waals surface area contributed by atoms with Crippen LogP contribution in [0.2, 0.25) is 5.02 Å². The third-order valence-electron chi connectivity index (χ3n) is 4.73. The van der Waals surface area contributed by atoms with Crippen molar-refractivity contribution in [2.24, 2.45) is 5.92 Å². The Morgan fingerprint density at radius 2 is 2.20 bits per heavy atom. The minimum Gasteiger partial charge on any atom is -0.373 e. The summed E-state index contributed by atoms with van der Waals surface area (Å²) in [5.74, 6) is 1.49. The first kappa shape index (κ1) is 16.3. The summed E-state index contributed by atoms with van der Waals surface area (Å²) in [7, 11) is 0. The third-order valence-corrected chi connectivity index (χ3v) is 4.96. The summed E-state index contributed by atoms with van der Waals surface area (Å²) in [5.41, 5.74) is 4.14. The Hall–Kier alpha value is -2.14. The highest BCUT2D eigenvalue weighted by molar-refractivity contribution is 6.30. The number of carbonyl (C=O) groups excluding carboxylic acids is 1. The molecular weight excluding hydrogens is 336 g/mol. The van der Waals surface area contributed by atoms with Crippen molar-refractivity contribution < 1.29 is 4.79 Å². The second kappa shape index (κ2) is 6.30. The molecule has 0 saturated heterocycles. The Balaban J connectivity index is 1.46. The highest BCUT2D eigenvalue weighted by atomic mass is 35.5. The summed E-state index contributed by atoms with van der Waals surface area (Å²) >= 11 is 6.05. The van der Waals surface area contributed by atoms with Gasteiger partial charge in [-0.2, -0.15) is 0 Å². The van der Waals surface area contributed by atoms with Gasteiger partial charge in [0.25, 0.3) is 0 Å². The van der Waals surface area contributed by atoms with Crippen LogP contribution in [0.4, 0.5) is 5.69 Å². The second-order valence-electron chi connectivity index (χ2n) is 7.25. The summed E-state index contributed by atoms with van der Waals surface area (Å²) in [4.78, 5) is 23.9. The Bertz CT molecular complexity index is 836. The van der Waals surface area contributed by atoms with Gasteiger partial charge in [0.1, 0.15) is 11.9 Å². The van der Waals surface area contributed by atoms with Crippen molar-refractivity contribution in [3.8, 4) is 0 Å². The predicted molar refractivity (Wildman–Crippen MR) is 97.4 cm³/mol. The van der Waals surface area contributed by atoms with Gasteiger partial charge < -0.3 is 10.2 Å². The van der Waals surface area contributed by atoms with E-state index in [1.807, 2.05) is 29.3 Å². The van der Waals surface area contributed by atoms with Crippen LogP contribution in [-0.2, 0) is 30.7 Å². The summed E-state index contributed by atoms with van der Waals surface area (Å²) in [5, 5.41) is 4.02. The van der Waals surface area contributed by atoms with Crippen LogP contribution in [0.1, 0.15) is 36.5 Å². The van der Waals surface area contributed by atoms with Crippen molar-refractivity contribution >= 4 is 23.2 Å². The summed E-state index contributed by atoms with van der Waals surface area (Å²) in [6, 6.07) is 5.48. The second-order valence-corrected chi connectivity index (χ2v) is 7.69. The first-order valence-corrected chi connectivity index (χ1v) is 9.05. The number of anilines is 1. The number of nitrogens with zero attached hydrogens (tertiary/aromatic N) is 3. The zero-order valence-electron chi connectivity index (χ0n) is 14.4. The van der Waals surface area contributed by atoms with Crippen molar-refractivity contribution in [2.45, 2.75) is 45.8 Å². The molecule has 2 aromatic rings. The van der Waals surface area contributed by atoms with Gasteiger partial charge in [-0.1, -0.05) is 25.4 Å². The topological polar surface area (TPSA) is 58.1 Å². The first-order valence-electron chi connectivity index (χ1n) is 8.67. The van der Waals surface area contributed by atoms with Crippen molar-refractivity contribution in [1.82, 2.24) is 14.9 Å². The van der Waals surface area contributed by atoms with E-state index in [1.54, 1.807) is 0 Å². The summed E-state index contributed by atoms with van der Waals surface area (Å²) in [6.45, 7) is 5.46. The maximum absolute atomic E-state index is 12.9. The fraction of sp³-hybridized carbons (Fsp3) is 0.421. The number of rotatable bonds is 3. The van der Waals surface area contributed by atoms with Gasteiger partial charge in [-0.25, -0.2) is 9.97 Å². The van der Waals surface area contributed by atoms with Gasteiger partial charge in [0, 0.05) is 41.9 Å². The molecule has 25 heavy (non-hydrogen) atoms. The summed E-state index contributed by atoms with van der Waals surface area (Å²) < 4.78 is 0. The Kier molecular flexibility index (Phi) is 4.12. The van der Waals surface area contributed by atoms with Crippen LogP contribution in [0.5, 0.6) is 0 Å². The molecule has 2 aliphatic heterocycles. The maximum atomic E-state index is 12.9. The van der Waals surface area contributed by atoms with Crippen molar-refractivity contribution in [1.29, 1.82) is 0 Å². The predicted octanol–water partition coefficient (Wildman–Crippen LogP) is 3.21. The van der Waals surface area contributed by atoms with Gasteiger partial charge in [-0.05, 0) is 29.7 Å². The first-order chi connectivity index (χ1) is 12.0. The van der Waals surface area contributed by atoms with E-state index in [-0.39, 0.29) is 11.9 Å². The lowest BCUT2D eigenvalue weighted by Gasteiger charge is -2.20. The number of fused-ring (bicyclic) bond motifs is 2. The third kappa shape index (κ3) is 3.21. The lowest BCUT2D eigenvalue weighted by atomic mass is 10.1. The van der Waals surface area contributed by atoms with Gasteiger partial charge in [-0.15, -0.1) is 0 Å². The molecule has 0 aliphatic carbocycles. The summed E-state index contributed by atoms with van der Waals surface area (Å²) in [6.07, 6.45) is 3.41. The van der Waals surface area contributed by atoms with E-state index >= 15 is 0 Å². The van der Waals surface area contributed by atoms with E-state index in [9.17, 15) is 4.79 Å². The molecule has 1 aromatic carbocycles. The molecule has 5 nitrogen and oxygen atoms in total. The fourth-order valence-electron chi connectivity index (χ4n) is 3.51. The van der Waals surface area contributed by atoms with Crippen molar-refractivity contribution in [3.63, 3.8) is 0 Å². The number of carbonyl (C=O) groups is 1. The number of aromatic nitrogens is 2. The molecule has 3 heterocycles. The van der Waals surface area contributed by atoms with E-state index < -0.39 is 0 Å². The molecule has 0 saturated carbocycles. The molecule has 0 bridgehead atoms. The minimum absolute atomic E-state index is 0.107. The van der Waals surface area contributed by atoms with Crippen LogP contribution in [0.15, 0.2) is 24.4 Å². The molecule has 2 aliphatic rings. The highest BCUT2D eigenvalue weighted by Gasteiger charge is 2.33. The Labute approximate surface area is 152 Å². The molecule has 6 heteroatoms. The van der Waals surface area contributed by atoms with Gasteiger partial charge in [-0.3, -0.25) is 4.79 Å². The van der Waals surface area contributed by atoms with Crippen LogP contribution in [0, 0.1) is 5.92 Å². The van der Waals surface area contributed by atoms with E-state index in [0.717, 1.165) is 34.8 Å². The monoisotopic (exact) mass is 356 g/mol. The number of nitrogens with one attached hydrogen (secondary N) is 1. The Morgan fingerprint density at radius 3 is 3.00 bits per heavy atom. The lowest BCUT2D eigenvalue weighted by molar-refractivity contribution is -0.132. The lowest BCUT2D eigenvalue weighted by Crippen LogP contribution is -2.39. The quantitative estimate of drug-likeness (QED) is 0.917. The van der Waals surface area contributed by atoms with Crippen LogP contribution in [0.25, 0.3) is 0 Å². The zero-order chi connectivity index (χ0) is 17.6. The molecule has 0 spiro atoms. The molecule has 1 atom stereocenters. The van der Waals surface area contributed by atoms with E-state index in [1.165, 1.54) is 0 Å². The van der Waals surface area contributed by atoms with E-state index in [2.05, 4.69) is 29.1 Å². The minimum atomic E-state index is -0.231. The van der Waals surface area contributed by atoms with E-state index in [4.69, 9.17) is 11.6 Å². The van der Waals surface area contributed by atoms with Gasteiger partial charge >= 0.3 is 0 Å². The zero-order valence-corrected chi connectivity index (χ0v) is 15.2. The van der Waals surface area contributed by atoms with Crippen molar-refractivity contribution in [3.05, 3.63) is 52.1 Å². The maximum Gasteiger partial charge on any atom is 0.246 e. The number of halogens is 1. The smallest absolute Gasteiger partial charge is 0.246 e. The Morgan fingerprint density at radius 1 is 1.36 bits per heavy atom. The standard InChI is InChI=1S/C19H21ClN4O/c1-11(2)5-18-21-8-13-9-24(10-17(13)23-18)19(25)16-7-12-6-14(20)3-4-15(12)22-16/h3-4,6,8,11,16,22H,5,7,9-10H2,1-2H3/t16-/m1/s1. The molecule has 0 unspecified atom stereocenters. The molecule has 1 aromatic heterocycles. The van der Waals surface area contributed by atoms with Gasteiger partial charge in [0.2, 0.25) is 5.91 Å². The van der Waals surface area contributed by atoms with Crippen LogP contribution in [0.3, 0.4) is 0 Å². The molecule has 1 N–H and O–H groups in total. The number of hydrogen-bond donors (Lipinski definition) is 1. The normalized spacial score (nSPS) is 18.2. The molecule has 0 radical (unpaired) electrons. The highest BCUT2D eigenvalue weighted by Crippen LogP contribution is 2.30. The number of hydrogen-bond acceptors (Lipinski definition) is 4. The van der Waals surface area contributed by atoms with E-state index in [0.29, 0.717) is 30.5 Å².